The maximum atomic E-state index is 11.7. The van der Waals surface area contributed by atoms with Crippen molar-refractivity contribution in [2.75, 3.05) is 11.1 Å². The smallest absolute Gasteiger partial charge is 0.234 e. The molecule has 0 aliphatic carbocycles. The van der Waals surface area contributed by atoms with Crippen molar-refractivity contribution in [3.8, 4) is 0 Å². The third kappa shape index (κ3) is 4.26. The van der Waals surface area contributed by atoms with E-state index in [9.17, 15) is 9.59 Å². The fourth-order valence-corrected chi connectivity index (χ4v) is 2.23. The van der Waals surface area contributed by atoms with Gasteiger partial charge >= 0.3 is 0 Å². The lowest BCUT2D eigenvalue weighted by atomic mass is 10.2. The average molecular weight is 271 g/mol. The van der Waals surface area contributed by atoms with E-state index in [1.807, 2.05) is 30.3 Å². The van der Waals surface area contributed by atoms with Crippen LogP contribution in [-0.2, 0) is 4.79 Å². The zero-order valence-electron chi connectivity index (χ0n) is 10.2. The topological polar surface area (TPSA) is 46.2 Å². The van der Waals surface area contributed by atoms with E-state index in [4.69, 9.17) is 0 Å². The van der Waals surface area contributed by atoms with Gasteiger partial charge < -0.3 is 5.32 Å². The molecular formula is C15H13NO2S. The summed E-state index contributed by atoms with van der Waals surface area (Å²) in [5.74, 6) is 0.298. The number of rotatable bonds is 5. The van der Waals surface area contributed by atoms with Gasteiger partial charge in [-0.15, -0.1) is 11.8 Å². The minimum Gasteiger partial charge on any atom is -0.325 e. The molecule has 0 radical (unpaired) electrons. The molecule has 0 heterocycles. The van der Waals surface area contributed by atoms with Gasteiger partial charge in [0.2, 0.25) is 5.91 Å². The van der Waals surface area contributed by atoms with E-state index in [2.05, 4.69) is 5.32 Å². The van der Waals surface area contributed by atoms with E-state index >= 15 is 0 Å². The molecule has 0 spiro atoms. The Bertz CT molecular complexity index is 552. The molecule has 0 saturated heterocycles. The Balaban J connectivity index is 1.85. The van der Waals surface area contributed by atoms with Crippen LogP contribution in [0.25, 0.3) is 0 Å². The summed E-state index contributed by atoms with van der Waals surface area (Å²) in [4.78, 5) is 23.3. The number of carbonyl (C=O) groups excluding carboxylic acids is 2. The molecule has 96 valence electrons. The largest absolute Gasteiger partial charge is 0.325 e. The van der Waals surface area contributed by atoms with Crippen molar-refractivity contribution < 1.29 is 9.59 Å². The van der Waals surface area contributed by atoms with Crippen molar-refractivity contribution >= 4 is 29.6 Å². The molecule has 0 aromatic heterocycles. The predicted octanol–water partition coefficient (Wildman–Crippen LogP) is 3.23. The van der Waals surface area contributed by atoms with E-state index < -0.39 is 0 Å². The van der Waals surface area contributed by atoms with Gasteiger partial charge in [0.05, 0.1) is 5.75 Å². The fraction of sp³-hybridized carbons (Fsp3) is 0.0667. The van der Waals surface area contributed by atoms with Gasteiger partial charge in [0.15, 0.2) is 0 Å². The van der Waals surface area contributed by atoms with Gasteiger partial charge in [-0.2, -0.15) is 0 Å². The van der Waals surface area contributed by atoms with Crippen LogP contribution < -0.4 is 5.32 Å². The monoisotopic (exact) mass is 271 g/mol. The van der Waals surface area contributed by atoms with Gasteiger partial charge in [0.25, 0.3) is 0 Å². The molecule has 0 unspecified atom stereocenters. The number of anilines is 1. The summed E-state index contributed by atoms with van der Waals surface area (Å²) in [6, 6.07) is 16.5. The summed E-state index contributed by atoms with van der Waals surface area (Å²) in [7, 11) is 0. The molecule has 0 bridgehead atoms. The Morgan fingerprint density at radius 3 is 2.37 bits per heavy atom. The zero-order chi connectivity index (χ0) is 13.5. The van der Waals surface area contributed by atoms with E-state index in [0.717, 1.165) is 11.2 Å². The van der Waals surface area contributed by atoms with Crippen LogP contribution in [-0.4, -0.2) is 17.9 Å². The molecule has 0 fully saturated rings. The number of aldehydes is 1. The van der Waals surface area contributed by atoms with Gasteiger partial charge in [-0.25, -0.2) is 0 Å². The summed E-state index contributed by atoms with van der Waals surface area (Å²) < 4.78 is 0. The van der Waals surface area contributed by atoms with Gasteiger partial charge in [-0.1, -0.05) is 18.2 Å². The fourth-order valence-electron chi connectivity index (χ4n) is 1.51. The first-order chi connectivity index (χ1) is 9.28. The SMILES string of the molecule is O=Cc1ccc(NC(=O)CSc2ccccc2)cc1. The van der Waals surface area contributed by atoms with Gasteiger partial charge in [-0.05, 0) is 36.4 Å². The van der Waals surface area contributed by atoms with Crippen molar-refractivity contribution in [1.82, 2.24) is 0 Å². The molecule has 2 rings (SSSR count). The highest BCUT2D eigenvalue weighted by molar-refractivity contribution is 8.00. The summed E-state index contributed by atoms with van der Waals surface area (Å²) in [6.45, 7) is 0. The van der Waals surface area contributed by atoms with Crippen LogP contribution in [0.1, 0.15) is 10.4 Å². The van der Waals surface area contributed by atoms with Crippen molar-refractivity contribution in [3.05, 3.63) is 60.2 Å². The highest BCUT2D eigenvalue weighted by Crippen LogP contribution is 2.17. The minimum absolute atomic E-state index is 0.0623. The first-order valence-corrected chi connectivity index (χ1v) is 6.79. The molecule has 0 atom stereocenters. The van der Waals surface area contributed by atoms with Gasteiger partial charge in [0.1, 0.15) is 6.29 Å². The van der Waals surface area contributed by atoms with Crippen molar-refractivity contribution in [3.63, 3.8) is 0 Å². The zero-order valence-corrected chi connectivity index (χ0v) is 11.0. The van der Waals surface area contributed by atoms with E-state index in [1.54, 1.807) is 24.3 Å². The summed E-state index contributed by atoms with van der Waals surface area (Å²) in [5.41, 5.74) is 1.29. The van der Waals surface area contributed by atoms with Crippen LogP contribution >= 0.6 is 11.8 Å². The standard InChI is InChI=1S/C15H13NO2S/c17-10-12-6-8-13(9-7-12)16-15(18)11-19-14-4-2-1-3-5-14/h1-10H,11H2,(H,16,18). The lowest BCUT2D eigenvalue weighted by Crippen LogP contribution is -2.13. The third-order valence-electron chi connectivity index (χ3n) is 2.44. The Kier molecular flexibility index (Phi) is 4.75. The number of hydrogen-bond acceptors (Lipinski definition) is 3. The first-order valence-electron chi connectivity index (χ1n) is 5.81. The Morgan fingerprint density at radius 1 is 1.05 bits per heavy atom. The lowest BCUT2D eigenvalue weighted by molar-refractivity contribution is -0.113. The number of hydrogen-bond donors (Lipinski definition) is 1. The molecule has 4 heteroatoms. The normalized spacial score (nSPS) is 9.89. The van der Waals surface area contributed by atoms with Gasteiger partial charge in [-0.3, -0.25) is 9.59 Å². The Hall–Kier alpha value is -2.07. The van der Waals surface area contributed by atoms with E-state index in [0.29, 0.717) is 17.0 Å². The van der Waals surface area contributed by atoms with Crippen LogP contribution in [0.15, 0.2) is 59.5 Å². The predicted molar refractivity (Wildman–Crippen MR) is 77.6 cm³/mol. The molecule has 0 aliphatic heterocycles. The Morgan fingerprint density at radius 2 is 1.74 bits per heavy atom. The molecule has 2 aromatic carbocycles. The van der Waals surface area contributed by atoms with Crippen LogP contribution in [0.2, 0.25) is 0 Å². The quantitative estimate of drug-likeness (QED) is 0.671. The Labute approximate surface area is 116 Å². The van der Waals surface area contributed by atoms with Crippen LogP contribution in [0, 0.1) is 0 Å². The second kappa shape index (κ2) is 6.75. The second-order valence-corrected chi connectivity index (χ2v) is 4.94. The maximum absolute atomic E-state index is 11.7. The van der Waals surface area contributed by atoms with E-state index in [-0.39, 0.29) is 5.91 Å². The molecule has 19 heavy (non-hydrogen) atoms. The number of benzene rings is 2. The van der Waals surface area contributed by atoms with Crippen LogP contribution in [0.5, 0.6) is 0 Å². The molecule has 2 aromatic rings. The van der Waals surface area contributed by atoms with Crippen molar-refractivity contribution in [2.24, 2.45) is 0 Å². The molecule has 1 N–H and O–H groups in total. The average Bonchev–Trinajstić information content (AvgIpc) is 2.47. The molecule has 0 saturated carbocycles. The summed E-state index contributed by atoms with van der Waals surface area (Å²) in [6.07, 6.45) is 0.775. The maximum Gasteiger partial charge on any atom is 0.234 e. The molecule has 3 nitrogen and oxygen atoms in total. The lowest BCUT2D eigenvalue weighted by Gasteiger charge is -2.05. The molecule has 1 amide bonds. The number of nitrogens with one attached hydrogen (secondary N) is 1. The number of carbonyl (C=O) groups is 2. The second-order valence-electron chi connectivity index (χ2n) is 3.89. The number of amides is 1. The van der Waals surface area contributed by atoms with Crippen molar-refractivity contribution in [2.45, 2.75) is 4.90 Å². The summed E-state index contributed by atoms with van der Waals surface area (Å²) in [5, 5.41) is 2.79. The highest BCUT2D eigenvalue weighted by Gasteiger charge is 2.03. The molecular weight excluding hydrogens is 258 g/mol. The van der Waals surface area contributed by atoms with Crippen LogP contribution in [0.4, 0.5) is 5.69 Å². The molecule has 0 aliphatic rings. The highest BCUT2D eigenvalue weighted by atomic mass is 32.2. The summed E-state index contributed by atoms with van der Waals surface area (Å²) >= 11 is 1.49. The minimum atomic E-state index is -0.0623. The third-order valence-corrected chi connectivity index (χ3v) is 3.46. The van der Waals surface area contributed by atoms with E-state index in [1.165, 1.54) is 11.8 Å². The van der Waals surface area contributed by atoms with Crippen molar-refractivity contribution in [1.29, 1.82) is 0 Å². The first kappa shape index (κ1) is 13.4. The number of thioether (sulfide) groups is 1. The van der Waals surface area contributed by atoms with Gasteiger partial charge in [0, 0.05) is 16.1 Å². The van der Waals surface area contributed by atoms with Crippen LogP contribution in [0.3, 0.4) is 0 Å².